The minimum absolute atomic E-state index is 0.128. The number of fused-ring (bicyclic) bond motifs is 4. The third-order valence-electron chi connectivity index (χ3n) is 9.31. The number of pyridine rings is 2. The maximum absolute atomic E-state index is 13.7. The van der Waals surface area contributed by atoms with Crippen molar-refractivity contribution in [3.63, 3.8) is 0 Å². The first kappa shape index (κ1) is 31.5. The van der Waals surface area contributed by atoms with Gasteiger partial charge < -0.3 is 25.9 Å². The molecular formula is C42H33N5O4. The summed E-state index contributed by atoms with van der Waals surface area (Å²) in [6, 6.07) is 33.5. The summed E-state index contributed by atoms with van der Waals surface area (Å²) in [5.74, 6) is -0.721. The molecule has 4 aromatic carbocycles. The Morgan fingerprint density at radius 2 is 1.33 bits per heavy atom. The first-order valence-corrected chi connectivity index (χ1v) is 16.6. The number of aryl methyl sites for hydroxylation is 2. The van der Waals surface area contributed by atoms with Gasteiger partial charge in [-0.2, -0.15) is 0 Å². The van der Waals surface area contributed by atoms with E-state index in [0.29, 0.717) is 50.2 Å². The van der Waals surface area contributed by atoms with Gasteiger partial charge in [-0.3, -0.25) is 14.8 Å². The summed E-state index contributed by atoms with van der Waals surface area (Å²) < 4.78 is 6.78. The van der Waals surface area contributed by atoms with Crippen LogP contribution in [0.2, 0.25) is 0 Å². The lowest BCUT2D eigenvalue weighted by Crippen LogP contribution is -2.15. The zero-order valence-corrected chi connectivity index (χ0v) is 28.0. The van der Waals surface area contributed by atoms with Crippen molar-refractivity contribution in [3.8, 4) is 22.5 Å². The highest BCUT2D eigenvalue weighted by Crippen LogP contribution is 2.44. The molecule has 1 aliphatic carbocycles. The average Bonchev–Trinajstić information content (AvgIpc) is 3.13. The number of hydrogen-bond donors (Lipinski definition) is 4. The van der Waals surface area contributed by atoms with E-state index in [2.05, 4.69) is 10.6 Å². The van der Waals surface area contributed by atoms with Crippen LogP contribution in [0, 0.1) is 13.8 Å². The van der Waals surface area contributed by atoms with E-state index in [1.807, 2.05) is 80.6 Å². The molecule has 0 fully saturated rings. The van der Waals surface area contributed by atoms with Crippen molar-refractivity contribution >= 4 is 55.8 Å². The molecule has 0 saturated heterocycles. The van der Waals surface area contributed by atoms with Gasteiger partial charge in [0.2, 0.25) is 0 Å². The Kier molecular flexibility index (Phi) is 7.80. The van der Waals surface area contributed by atoms with Crippen molar-refractivity contribution in [1.82, 2.24) is 9.97 Å². The zero-order chi connectivity index (χ0) is 35.2. The van der Waals surface area contributed by atoms with Crippen LogP contribution < -0.4 is 21.8 Å². The Balaban J connectivity index is 1.33. The smallest absolute Gasteiger partial charge is 0.336 e. The van der Waals surface area contributed by atoms with Crippen molar-refractivity contribution in [2.24, 2.45) is 0 Å². The summed E-state index contributed by atoms with van der Waals surface area (Å²) in [6.07, 6.45) is 0. The Hall–Kier alpha value is -6.74. The number of para-hydroxylation sites is 2. The van der Waals surface area contributed by atoms with Gasteiger partial charge in [0.25, 0.3) is 0 Å². The lowest BCUT2D eigenvalue weighted by molar-refractivity contribution is 0.0697. The van der Waals surface area contributed by atoms with E-state index in [1.165, 1.54) is 6.07 Å². The molecule has 0 saturated carbocycles. The fourth-order valence-electron chi connectivity index (χ4n) is 6.80. The second kappa shape index (κ2) is 12.6. The predicted molar refractivity (Wildman–Crippen MR) is 204 cm³/mol. The number of anilines is 3. The van der Waals surface area contributed by atoms with Gasteiger partial charge in [0.05, 0.1) is 33.5 Å². The van der Waals surface area contributed by atoms with Gasteiger partial charge >= 0.3 is 5.97 Å². The van der Waals surface area contributed by atoms with Crippen LogP contribution in [0.15, 0.2) is 118 Å². The van der Waals surface area contributed by atoms with Crippen LogP contribution in [0.4, 0.5) is 17.1 Å². The molecule has 0 radical (unpaired) electrons. The first-order chi connectivity index (χ1) is 24.8. The van der Waals surface area contributed by atoms with E-state index in [-0.39, 0.29) is 24.1 Å². The number of carbonyl (C=O) groups is 1. The summed E-state index contributed by atoms with van der Waals surface area (Å²) in [5.41, 5.74) is 15.3. The van der Waals surface area contributed by atoms with E-state index in [1.54, 1.807) is 36.4 Å². The molecule has 3 heterocycles. The number of carboxylic acid groups (broad SMARTS) is 1. The van der Waals surface area contributed by atoms with E-state index in [9.17, 15) is 14.7 Å². The Labute approximate surface area is 292 Å². The van der Waals surface area contributed by atoms with Crippen LogP contribution >= 0.6 is 0 Å². The maximum Gasteiger partial charge on any atom is 0.336 e. The van der Waals surface area contributed by atoms with Crippen LogP contribution in [0.25, 0.3) is 55.2 Å². The predicted octanol–water partition coefficient (Wildman–Crippen LogP) is 8.78. The molecule has 250 valence electrons. The van der Waals surface area contributed by atoms with E-state index in [0.717, 1.165) is 44.6 Å². The van der Waals surface area contributed by atoms with Crippen LogP contribution in [0.1, 0.15) is 32.9 Å². The van der Waals surface area contributed by atoms with E-state index >= 15 is 0 Å². The highest BCUT2D eigenvalue weighted by atomic mass is 16.4. The summed E-state index contributed by atoms with van der Waals surface area (Å²) in [7, 11) is 0. The molecule has 0 unspecified atom stereocenters. The fourth-order valence-corrected chi connectivity index (χ4v) is 6.80. The van der Waals surface area contributed by atoms with Crippen LogP contribution in [0.5, 0.6) is 0 Å². The average molecular weight is 672 g/mol. The molecule has 0 amide bonds. The van der Waals surface area contributed by atoms with Crippen molar-refractivity contribution < 1.29 is 14.3 Å². The lowest BCUT2D eigenvalue weighted by Gasteiger charge is -2.21. The molecule has 51 heavy (non-hydrogen) atoms. The van der Waals surface area contributed by atoms with Gasteiger partial charge in [-0.1, -0.05) is 54.6 Å². The lowest BCUT2D eigenvalue weighted by atomic mass is 9.88. The largest absolute Gasteiger partial charge is 0.478 e. The van der Waals surface area contributed by atoms with E-state index < -0.39 is 5.97 Å². The highest BCUT2D eigenvalue weighted by molar-refractivity contribution is 6.09. The standard InChI is InChI=1S/C42H33N5O4/c1-23-13-15-25-7-5-11-34(38(25)46-23)44-21-31-33(43)19-17-29-37(27-9-3-4-10-28(27)42(49)50)30-18-20-36(48)32(41(30)51-40(29)31)22-45-35-12-6-8-26-16-14-24(2)47-39(26)35/h3-20,44-45H,21-22,43H2,1-2H3,(H,49,50). The molecule has 1 aliphatic heterocycles. The van der Waals surface area contributed by atoms with Gasteiger partial charge in [-0.25, -0.2) is 4.79 Å². The highest BCUT2D eigenvalue weighted by Gasteiger charge is 2.26. The molecule has 9 heteroatoms. The Morgan fingerprint density at radius 3 is 1.98 bits per heavy atom. The minimum atomic E-state index is -1.06. The van der Waals surface area contributed by atoms with Crippen LogP contribution in [-0.2, 0) is 13.1 Å². The van der Waals surface area contributed by atoms with Crippen molar-refractivity contribution in [2.75, 3.05) is 16.4 Å². The van der Waals surface area contributed by atoms with Gasteiger partial charge in [-0.15, -0.1) is 0 Å². The Morgan fingerprint density at radius 1 is 0.706 bits per heavy atom. The number of nitrogens with two attached hydrogens (primary N) is 1. The molecule has 9 nitrogen and oxygen atoms in total. The van der Waals surface area contributed by atoms with E-state index in [4.69, 9.17) is 20.1 Å². The molecule has 2 aliphatic rings. The van der Waals surface area contributed by atoms with Gasteiger partial charge in [0.15, 0.2) is 5.43 Å². The van der Waals surface area contributed by atoms with Crippen LogP contribution in [0.3, 0.4) is 0 Å². The summed E-state index contributed by atoms with van der Waals surface area (Å²) in [4.78, 5) is 35.8. The number of benzene rings is 5. The number of carboxylic acids is 1. The SMILES string of the molecule is Cc1ccc2cccc(NCc3c4oc5c(CNc6cccc7ccc(C)nc67)c(N)ccc5c(-c5ccccc5C(=O)O)c-4ccc3=O)c2n1. The Bertz CT molecular complexity index is 2700. The third-order valence-corrected chi connectivity index (χ3v) is 9.31. The molecule has 0 bridgehead atoms. The molecule has 0 atom stereocenters. The molecule has 5 N–H and O–H groups in total. The maximum atomic E-state index is 13.7. The fraction of sp³-hybridized carbons (Fsp3) is 0.0952. The van der Waals surface area contributed by atoms with Crippen LogP contribution in [-0.4, -0.2) is 21.0 Å². The number of hydrogen-bond acceptors (Lipinski definition) is 8. The van der Waals surface area contributed by atoms with Gasteiger partial charge in [0.1, 0.15) is 11.3 Å². The number of aromatic nitrogens is 2. The van der Waals surface area contributed by atoms with Crippen molar-refractivity contribution in [2.45, 2.75) is 26.9 Å². The number of rotatable bonds is 8. The molecule has 6 aromatic rings. The van der Waals surface area contributed by atoms with Gasteiger partial charge in [0, 0.05) is 63.0 Å². The summed E-state index contributed by atoms with van der Waals surface area (Å²) >= 11 is 0. The second-order valence-corrected chi connectivity index (χ2v) is 12.6. The number of nitrogens with zero attached hydrogens (tertiary/aromatic N) is 2. The van der Waals surface area contributed by atoms with Crippen molar-refractivity contribution in [1.29, 1.82) is 0 Å². The molecule has 8 rings (SSSR count). The minimum Gasteiger partial charge on any atom is -0.478 e. The molecule has 0 spiro atoms. The number of nitrogens with one attached hydrogen (secondary N) is 2. The van der Waals surface area contributed by atoms with Crippen molar-refractivity contribution in [3.05, 3.63) is 147 Å². The third kappa shape index (κ3) is 5.64. The summed E-state index contributed by atoms with van der Waals surface area (Å²) in [6.45, 7) is 4.30. The zero-order valence-electron chi connectivity index (χ0n) is 28.0. The monoisotopic (exact) mass is 671 g/mol. The second-order valence-electron chi connectivity index (χ2n) is 12.6. The summed E-state index contributed by atoms with van der Waals surface area (Å²) in [5, 5.41) is 19.9. The quantitative estimate of drug-likeness (QED) is 0.0920. The normalized spacial score (nSPS) is 11.4. The number of aromatic carboxylic acids is 1. The number of nitrogen functional groups attached to an aromatic ring is 1. The van der Waals surface area contributed by atoms with Gasteiger partial charge in [-0.05, 0) is 74.0 Å². The topological polar surface area (TPSA) is 143 Å². The molecule has 2 aromatic heterocycles. The first-order valence-electron chi connectivity index (χ1n) is 16.6. The molecular weight excluding hydrogens is 638 g/mol.